The summed E-state index contributed by atoms with van der Waals surface area (Å²) in [6.45, 7) is 7.23. The number of amides is 2. The van der Waals surface area contributed by atoms with Gasteiger partial charge in [0.25, 0.3) is 0 Å². The average Bonchev–Trinajstić information content (AvgIpc) is 3.36. The second-order valence-electron chi connectivity index (χ2n) is 7.60. The fourth-order valence-electron chi connectivity index (χ4n) is 3.80. The maximum atomic E-state index is 12.5. The molecule has 0 spiro atoms. The summed E-state index contributed by atoms with van der Waals surface area (Å²) in [5, 5.41) is 0.781. The minimum atomic E-state index is 0.132. The van der Waals surface area contributed by atoms with Crippen LogP contribution in [0.15, 0.2) is 23.4 Å². The molecule has 0 atom stereocenters. The number of likely N-dealkylation sites (tertiary alicyclic amines) is 1. The first-order chi connectivity index (χ1) is 13.6. The molecule has 7 nitrogen and oxygen atoms in total. The second-order valence-corrected chi connectivity index (χ2v) is 8.56. The third-order valence-electron chi connectivity index (χ3n) is 5.49. The number of rotatable bonds is 5. The van der Waals surface area contributed by atoms with E-state index in [1.165, 1.54) is 17.3 Å². The molecule has 0 unspecified atom stereocenters. The third-order valence-corrected chi connectivity index (χ3v) is 6.35. The van der Waals surface area contributed by atoms with Crippen molar-refractivity contribution in [1.29, 1.82) is 0 Å². The molecule has 2 aliphatic rings. The Morgan fingerprint density at radius 1 is 1.04 bits per heavy atom. The minimum absolute atomic E-state index is 0.132. The molecule has 1 aromatic heterocycles. The highest BCUT2D eigenvalue weighted by Gasteiger charge is 2.25. The number of nitrogens with zero attached hydrogens (tertiary/aromatic N) is 4. The fourth-order valence-corrected chi connectivity index (χ4v) is 4.59. The van der Waals surface area contributed by atoms with E-state index in [9.17, 15) is 9.59 Å². The van der Waals surface area contributed by atoms with Gasteiger partial charge in [0.2, 0.25) is 11.8 Å². The van der Waals surface area contributed by atoms with Gasteiger partial charge in [-0.2, -0.15) is 0 Å². The number of benzene rings is 1. The van der Waals surface area contributed by atoms with E-state index in [2.05, 4.69) is 27.9 Å². The number of piperazine rings is 1. The van der Waals surface area contributed by atoms with Crippen LogP contribution >= 0.6 is 11.8 Å². The minimum Gasteiger partial charge on any atom is -0.342 e. The highest BCUT2D eigenvalue weighted by Crippen LogP contribution is 2.21. The van der Waals surface area contributed by atoms with Crippen molar-refractivity contribution in [3.05, 3.63) is 23.8 Å². The first kappa shape index (κ1) is 19.3. The first-order valence-electron chi connectivity index (χ1n) is 9.95. The van der Waals surface area contributed by atoms with Gasteiger partial charge in [0.05, 0.1) is 23.3 Å². The first-order valence-corrected chi connectivity index (χ1v) is 10.9. The zero-order valence-electron chi connectivity index (χ0n) is 16.3. The number of fused-ring (bicyclic) bond motifs is 1. The molecule has 4 rings (SSSR count). The van der Waals surface area contributed by atoms with Gasteiger partial charge in [-0.25, -0.2) is 4.98 Å². The Hall–Kier alpha value is -2.06. The number of nitrogens with one attached hydrogen (secondary N) is 1. The summed E-state index contributed by atoms with van der Waals surface area (Å²) in [5.41, 5.74) is 3.12. The summed E-state index contributed by atoms with van der Waals surface area (Å²) in [5.74, 6) is 0.742. The van der Waals surface area contributed by atoms with Gasteiger partial charge in [0, 0.05) is 39.3 Å². The Morgan fingerprint density at radius 3 is 2.50 bits per heavy atom. The number of carbonyl (C=O) groups is 2. The molecule has 0 radical (unpaired) electrons. The molecule has 1 N–H and O–H groups in total. The lowest BCUT2D eigenvalue weighted by atomic mass is 10.2. The lowest BCUT2D eigenvalue weighted by molar-refractivity contribution is -0.133. The number of aromatic amines is 1. The van der Waals surface area contributed by atoms with Crippen LogP contribution in [0.4, 0.5) is 0 Å². The normalized spacial score (nSPS) is 18.2. The zero-order valence-corrected chi connectivity index (χ0v) is 17.1. The molecule has 2 aromatic rings. The van der Waals surface area contributed by atoms with Crippen LogP contribution in [0.3, 0.4) is 0 Å². The molecule has 0 saturated carbocycles. The molecule has 2 amide bonds. The molecule has 0 bridgehead atoms. The number of carbonyl (C=O) groups excluding carboxylic acids is 2. The number of aromatic nitrogens is 2. The van der Waals surface area contributed by atoms with Crippen molar-refractivity contribution in [3.63, 3.8) is 0 Å². The van der Waals surface area contributed by atoms with E-state index >= 15 is 0 Å². The molecule has 150 valence electrons. The summed E-state index contributed by atoms with van der Waals surface area (Å²) in [6, 6.07) is 6.10. The Bertz CT molecular complexity index is 853. The summed E-state index contributed by atoms with van der Waals surface area (Å²) >= 11 is 1.45. The van der Waals surface area contributed by atoms with Crippen molar-refractivity contribution in [2.75, 3.05) is 51.6 Å². The second kappa shape index (κ2) is 8.53. The number of thioether (sulfide) groups is 1. The summed E-state index contributed by atoms with van der Waals surface area (Å²) < 4.78 is 0. The van der Waals surface area contributed by atoms with Crippen LogP contribution in [-0.2, 0) is 9.59 Å². The van der Waals surface area contributed by atoms with Crippen molar-refractivity contribution in [2.45, 2.75) is 24.9 Å². The highest BCUT2D eigenvalue weighted by atomic mass is 32.2. The number of aryl methyl sites for hydroxylation is 1. The lowest BCUT2D eigenvalue weighted by Gasteiger charge is -2.35. The highest BCUT2D eigenvalue weighted by molar-refractivity contribution is 7.99. The van der Waals surface area contributed by atoms with E-state index in [0.717, 1.165) is 55.2 Å². The largest absolute Gasteiger partial charge is 0.342 e. The fraction of sp³-hybridized carbons (Fsp3) is 0.550. The average molecular weight is 402 g/mol. The van der Waals surface area contributed by atoms with E-state index in [0.29, 0.717) is 25.4 Å². The lowest BCUT2D eigenvalue weighted by Crippen LogP contribution is -2.51. The summed E-state index contributed by atoms with van der Waals surface area (Å²) in [6.07, 6.45) is 2.24. The number of hydrogen-bond donors (Lipinski definition) is 1. The smallest absolute Gasteiger partial charge is 0.236 e. The molecule has 2 fully saturated rings. The number of H-pyrrole nitrogens is 1. The monoisotopic (exact) mass is 401 g/mol. The predicted molar refractivity (Wildman–Crippen MR) is 110 cm³/mol. The van der Waals surface area contributed by atoms with Crippen LogP contribution in [0.2, 0.25) is 0 Å². The SMILES string of the molecule is Cc1ccc2nc(SCC(=O)N3CCN(CC(=O)N4CCCC4)CC3)[nH]c2c1. The Kier molecular flexibility index (Phi) is 5.87. The standard InChI is InChI=1S/C20H27N5O2S/c1-15-4-5-16-17(12-15)22-20(21-16)28-14-19(27)25-10-8-23(9-11-25)13-18(26)24-6-2-3-7-24/h4-5,12H,2-3,6-11,13-14H2,1H3,(H,21,22). The molecule has 2 aliphatic heterocycles. The third kappa shape index (κ3) is 4.50. The van der Waals surface area contributed by atoms with E-state index < -0.39 is 0 Å². The Morgan fingerprint density at radius 2 is 1.75 bits per heavy atom. The van der Waals surface area contributed by atoms with Crippen molar-refractivity contribution < 1.29 is 9.59 Å². The number of imidazole rings is 1. The van der Waals surface area contributed by atoms with E-state index in [4.69, 9.17) is 0 Å². The maximum Gasteiger partial charge on any atom is 0.236 e. The van der Waals surface area contributed by atoms with Crippen LogP contribution in [0.1, 0.15) is 18.4 Å². The molecule has 0 aliphatic carbocycles. The van der Waals surface area contributed by atoms with Crippen LogP contribution < -0.4 is 0 Å². The molecular formula is C20H27N5O2S. The van der Waals surface area contributed by atoms with Crippen LogP contribution in [0.5, 0.6) is 0 Å². The topological polar surface area (TPSA) is 72.5 Å². The molecule has 1 aromatic carbocycles. The Labute approximate surface area is 169 Å². The van der Waals surface area contributed by atoms with Gasteiger partial charge < -0.3 is 14.8 Å². The van der Waals surface area contributed by atoms with Gasteiger partial charge >= 0.3 is 0 Å². The quantitative estimate of drug-likeness (QED) is 0.773. The van der Waals surface area contributed by atoms with Gasteiger partial charge in [-0.05, 0) is 37.5 Å². The molecule has 3 heterocycles. The van der Waals surface area contributed by atoms with Crippen molar-refractivity contribution >= 4 is 34.6 Å². The van der Waals surface area contributed by atoms with Gasteiger partial charge in [-0.15, -0.1) is 0 Å². The van der Waals surface area contributed by atoms with Crippen molar-refractivity contribution in [1.82, 2.24) is 24.7 Å². The van der Waals surface area contributed by atoms with Gasteiger partial charge in [-0.3, -0.25) is 14.5 Å². The maximum absolute atomic E-state index is 12.5. The van der Waals surface area contributed by atoms with E-state index in [1.54, 1.807) is 0 Å². The van der Waals surface area contributed by atoms with Crippen molar-refractivity contribution in [2.24, 2.45) is 0 Å². The summed E-state index contributed by atoms with van der Waals surface area (Å²) in [7, 11) is 0. The van der Waals surface area contributed by atoms with Gasteiger partial charge in [0.15, 0.2) is 5.16 Å². The van der Waals surface area contributed by atoms with Gasteiger partial charge in [-0.1, -0.05) is 17.8 Å². The van der Waals surface area contributed by atoms with Crippen LogP contribution in [-0.4, -0.2) is 88.0 Å². The predicted octanol–water partition coefficient (Wildman–Crippen LogP) is 1.73. The molecule has 8 heteroatoms. The van der Waals surface area contributed by atoms with Gasteiger partial charge in [0.1, 0.15) is 0 Å². The van der Waals surface area contributed by atoms with E-state index in [-0.39, 0.29) is 11.8 Å². The zero-order chi connectivity index (χ0) is 19.5. The van der Waals surface area contributed by atoms with Crippen LogP contribution in [0.25, 0.3) is 11.0 Å². The molecule has 28 heavy (non-hydrogen) atoms. The van der Waals surface area contributed by atoms with Crippen LogP contribution in [0, 0.1) is 6.92 Å². The van der Waals surface area contributed by atoms with E-state index in [1.807, 2.05) is 21.9 Å². The Balaban J connectivity index is 1.22. The summed E-state index contributed by atoms with van der Waals surface area (Å²) in [4.78, 5) is 38.7. The van der Waals surface area contributed by atoms with Crippen molar-refractivity contribution in [3.8, 4) is 0 Å². The molecular weight excluding hydrogens is 374 g/mol. The number of hydrogen-bond acceptors (Lipinski definition) is 5. The molecule has 2 saturated heterocycles.